The lowest BCUT2D eigenvalue weighted by Gasteiger charge is -2.22. The molecule has 0 saturated carbocycles. The molecular weight excluding hydrogens is 709 g/mol. The molecule has 2 unspecified atom stereocenters. The Morgan fingerprint density at radius 1 is 0.534 bits per heavy atom. The number of hydrogen-bond donors (Lipinski definition) is 0. The maximum absolute atomic E-state index is 7.04. The predicted octanol–water partition coefficient (Wildman–Crippen LogP) is 11.6. The van der Waals surface area contributed by atoms with Gasteiger partial charge in [-0.2, -0.15) is 0 Å². The largest absolute Gasteiger partial charge is 0.484 e. The van der Waals surface area contributed by atoms with Gasteiger partial charge in [0, 0.05) is 60.9 Å². The minimum atomic E-state index is -0.243. The average molecular weight is 745 g/mol. The molecule has 7 aromatic carbocycles. The topological polar surface area (TPSA) is 32.2 Å². The number of benzene rings is 7. The summed E-state index contributed by atoms with van der Waals surface area (Å²) in [5, 5.41) is 6.06. The van der Waals surface area contributed by atoms with Gasteiger partial charge in [0.2, 0.25) is 0 Å². The van der Waals surface area contributed by atoms with Crippen LogP contribution < -0.4 is 15.4 Å². The van der Waals surface area contributed by atoms with Crippen molar-refractivity contribution < 1.29 is 9.15 Å². The van der Waals surface area contributed by atoms with Crippen LogP contribution in [0.25, 0.3) is 83.9 Å². The number of nitrogens with zero attached hydrogens (tertiary/aromatic N) is 2. The van der Waals surface area contributed by atoms with Gasteiger partial charge < -0.3 is 18.3 Å². The van der Waals surface area contributed by atoms with Crippen LogP contribution in [-0.2, 0) is 6.42 Å². The lowest BCUT2D eigenvalue weighted by Crippen LogP contribution is -2.37. The number of rotatable bonds is 4. The number of para-hydroxylation sites is 3. The molecule has 0 amide bonds. The highest BCUT2D eigenvalue weighted by Crippen LogP contribution is 2.47. The Kier molecular flexibility index (Phi) is 6.65. The number of furan rings is 1. The van der Waals surface area contributed by atoms with Gasteiger partial charge >= 0.3 is 0 Å². The lowest BCUT2D eigenvalue weighted by molar-refractivity contribution is 0.279. The molecule has 1 aliphatic heterocycles. The molecule has 0 bridgehead atoms. The quantitative estimate of drug-likeness (QED) is 0.180. The summed E-state index contributed by atoms with van der Waals surface area (Å²) in [6.07, 6.45) is 8.92. The van der Waals surface area contributed by atoms with E-state index in [1.54, 1.807) is 0 Å². The molecule has 0 radical (unpaired) electrons. The van der Waals surface area contributed by atoms with Crippen molar-refractivity contribution in [3.63, 3.8) is 0 Å². The highest BCUT2D eigenvalue weighted by atomic mass is 16.5. The van der Waals surface area contributed by atoms with Crippen LogP contribution in [-0.4, -0.2) is 15.2 Å². The molecule has 0 fully saturated rings. The van der Waals surface area contributed by atoms with E-state index < -0.39 is 0 Å². The molecule has 4 nitrogen and oxygen atoms in total. The van der Waals surface area contributed by atoms with Gasteiger partial charge in [0.1, 0.15) is 22.9 Å². The molecule has 0 N–H and O–H groups in total. The minimum Gasteiger partial charge on any atom is -0.484 e. The third-order valence-corrected chi connectivity index (χ3v) is 12.8. The van der Waals surface area contributed by atoms with Gasteiger partial charge in [-0.3, -0.25) is 0 Å². The van der Waals surface area contributed by atoms with Crippen LogP contribution in [0, 0.1) is 0 Å². The molecule has 4 heteroatoms. The SMILES string of the molecule is C1=Cc2c(c3ccccc3n2-c2ccc3c(c2)C2C=c4c(oc5ccc(-n6c7ccccc7c7ccccc76)cc45)=C(c4ccc(-c5ccccc5)cc4)C2O3)CC1. The first-order valence-electron chi connectivity index (χ1n) is 20.3. The van der Waals surface area contributed by atoms with E-state index in [1.807, 2.05) is 0 Å². The third-order valence-electron chi connectivity index (χ3n) is 12.8. The summed E-state index contributed by atoms with van der Waals surface area (Å²) in [4.78, 5) is 0. The van der Waals surface area contributed by atoms with E-state index in [2.05, 4.69) is 191 Å². The van der Waals surface area contributed by atoms with E-state index in [0.717, 1.165) is 62.7 Å². The Balaban J connectivity index is 1.04. The van der Waals surface area contributed by atoms with Crippen molar-refractivity contribution in [2.45, 2.75) is 24.9 Å². The average Bonchev–Trinajstić information content (AvgIpc) is 4.03. The highest BCUT2D eigenvalue weighted by molar-refractivity contribution is 6.09. The Morgan fingerprint density at radius 2 is 1.17 bits per heavy atom. The van der Waals surface area contributed by atoms with E-state index >= 15 is 0 Å². The van der Waals surface area contributed by atoms with E-state index in [1.165, 1.54) is 60.7 Å². The van der Waals surface area contributed by atoms with Crippen molar-refractivity contribution >= 4 is 61.4 Å². The molecular formula is C54H36N2O2. The standard InChI is InChI=1S/C54H36N2O2/c1-2-12-33(13-3-1)34-22-24-35(25-23-34)52-53-44(42-30-36(26-28-50(42)57-53)55-46-18-8-4-14-38(46)39-15-5-9-19-47(39)55)32-45-43-31-37(27-29-51(43)58-54(45)52)56-48-20-10-6-16-40(48)41-17-7-11-21-49(41)56/h1-6,8-16,18-32,45,54H,7,17H2. The molecule has 58 heavy (non-hydrogen) atoms. The van der Waals surface area contributed by atoms with E-state index in [0.29, 0.717) is 0 Å². The Labute approximate surface area is 334 Å². The fourth-order valence-electron chi connectivity index (χ4n) is 10.2. The van der Waals surface area contributed by atoms with Crippen molar-refractivity contribution in [2.24, 2.45) is 0 Å². The van der Waals surface area contributed by atoms with Crippen LogP contribution in [0.4, 0.5) is 0 Å². The van der Waals surface area contributed by atoms with Crippen LogP contribution in [0.3, 0.4) is 0 Å². The van der Waals surface area contributed by atoms with Crippen molar-refractivity contribution in [3.05, 3.63) is 203 Å². The first-order valence-corrected chi connectivity index (χ1v) is 20.3. The van der Waals surface area contributed by atoms with Crippen LogP contribution in [0.15, 0.2) is 174 Å². The van der Waals surface area contributed by atoms with Crippen molar-refractivity contribution in [1.82, 2.24) is 9.13 Å². The fourth-order valence-corrected chi connectivity index (χ4v) is 10.2. The van der Waals surface area contributed by atoms with Crippen LogP contribution in [0.1, 0.15) is 34.7 Å². The number of fused-ring (bicyclic) bond motifs is 12. The first kappa shape index (κ1) is 31.9. The van der Waals surface area contributed by atoms with Crippen LogP contribution in [0.5, 0.6) is 5.75 Å². The van der Waals surface area contributed by atoms with Gasteiger partial charge in [0.15, 0.2) is 0 Å². The zero-order chi connectivity index (χ0) is 37.9. The van der Waals surface area contributed by atoms with Gasteiger partial charge in [-0.05, 0) is 95.8 Å². The van der Waals surface area contributed by atoms with Gasteiger partial charge in [0.05, 0.1) is 16.6 Å². The van der Waals surface area contributed by atoms with Crippen molar-refractivity contribution in [1.29, 1.82) is 0 Å². The highest BCUT2D eigenvalue weighted by Gasteiger charge is 2.40. The van der Waals surface area contributed by atoms with Crippen molar-refractivity contribution in [2.75, 3.05) is 0 Å². The molecule has 2 aliphatic carbocycles. The van der Waals surface area contributed by atoms with Gasteiger partial charge in [-0.15, -0.1) is 0 Å². The summed E-state index contributed by atoms with van der Waals surface area (Å²) < 4.78 is 18.8. The molecule has 3 aromatic heterocycles. The molecule has 274 valence electrons. The molecule has 4 heterocycles. The molecule has 10 aromatic rings. The zero-order valence-corrected chi connectivity index (χ0v) is 31.6. The zero-order valence-electron chi connectivity index (χ0n) is 31.6. The molecule has 13 rings (SSSR count). The van der Waals surface area contributed by atoms with E-state index in [-0.39, 0.29) is 12.0 Å². The smallest absolute Gasteiger partial charge is 0.142 e. The summed E-state index contributed by atoms with van der Waals surface area (Å²) in [7, 11) is 0. The summed E-state index contributed by atoms with van der Waals surface area (Å²) >= 11 is 0. The van der Waals surface area contributed by atoms with Gasteiger partial charge in [-0.1, -0.05) is 121 Å². The summed E-state index contributed by atoms with van der Waals surface area (Å²) in [6.45, 7) is 0. The summed E-state index contributed by atoms with van der Waals surface area (Å²) in [6, 6.07) is 59.2. The Hall–Kier alpha value is -7.30. The minimum absolute atomic E-state index is 0.0165. The Bertz CT molecular complexity index is 3430. The maximum Gasteiger partial charge on any atom is 0.142 e. The van der Waals surface area contributed by atoms with Gasteiger partial charge in [-0.25, -0.2) is 0 Å². The fraction of sp³-hybridized carbons (Fsp3) is 0.0741. The number of hydrogen-bond acceptors (Lipinski definition) is 2. The predicted molar refractivity (Wildman–Crippen MR) is 236 cm³/mol. The summed E-state index contributed by atoms with van der Waals surface area (Å²) in [5.74, 6) is 0.909. The normalized spacial score (nSPS) is 16.7. The van der Waals surface area contributed by atoms with Crippen LogP contribution >= 0.6 is 0 Å². The van der Waals surface area contributed by atoms with Crippen LogP contribution in [0.2, 0.25) is 0 Å². The van der Waals surface area contributed by atoms with E-state index in [4.69, 9.17) is 9.15 Å². The second-order valence-electron chi connectivity index (χ2n) is 15.9. The molecule has 3 aliphatic rings. The number of ether oxygens (including phenoxy) is 1. The number of allylic oxidation sites excluding steroid dienone is 1. The van der Waals surface area contributed by atoms with Gasteiger partial charge in [0.25, 0.3) is 0 Å². The third kappa shape index (κ3) is 4.51. The first-order chi connectivity index (χ1) is 28.8. The molecule has 2 atom stereocenters. The lowest BCUT2D eigenvalue weighted by atomic mass is 9.83. The Morgan fingerprint density at radius 3 is 1.95 bits per heavy atom. The molecule has 0 spiro atoms. The van der Waals surface area contributed by atoms with Crippen molar-refractivity contribution in [3.8, 4) is 28.3 Å². The number of aryl methyl sites for hydroxylation is 1. The van der Waals surface area contributed by atoms with E-state index in [9.17, 15) is 0 Å². The monoisotopic (exact) mass is 744 g/mol. The summed E-state index contributed by atoms with van der Waals surface area (Å²) in [5.41, 5.74) is 16.1. The molecule has 0 saturated heterocycles. The second kappa shape index (κ2) is 12.1. The number of aromatic nitrogens is 2. The second-order valence-corrected chi connectivity index (χ2v) is 15.9. The maximum atomic E-state index is 7.04.